The van der Waals surface area contributed by atoms with Gasteiger partial charge in [-0.1, -0.05) is 0 Å². The van der Waals surface area contributed by atoms with Crippen LogP contribution in [0.25, 0.3) is 0 Å². The van der Waals surface area contributed by atoms with Crippen LogP contribution in [0.5, 0.6) is 0 Å². The summed E-state index contributed by atoms with van der Waals surface area (Å²) in [5.41, 5.74) is 0. The van der Waals surface area contributed by atoms with Crippen molar-refractivity contribution >= 4 is 5.91 Å². The Morgan fingerprint density at radius 1 is 1.75 bits per heavy atom. The quantitative estimate of drug-likeness (QED) is 0.621. The highest BCUT2D eigenvalue weighted by molar-refractivity contribution is 5.78. The van der Waals surface area contributed by atoms with Crippen molar-refractivity contribution in [2.45, 2.75) is 12.5 Å². The van der Waals surface area contributed by atoms with E-state index in [2.05, 4.69) is 5.32 Å². The monoisotopic (exact) mass is 172 g/mol. The number of hydrogen-bond donors (Lipinski definition) is 1. The molecule has 4 nitrogen and oxygen atoms in total. The summed E-state index contributed by atoms with van der Waals surface area (Å²) in [5, 5.41) is 2.84. The van der Waals surface area contributed by atoms with E-state index in [-0.39, 0.29) is 11.9 Å². The van der Waals surface area contributed by atoms with Crippen LogP contribution in [0.15, 0.2) is 0 Å². The molecule has 70 valence electrons. The summed E-state index contributed by atoms with van der Waals surface area (Å²) in [6.07, 6.45) is 0.964. The predicted octanol–water partition coefficient (Wildman–Crippen LogP) is -0.547. The van der Waals surface area contributed by atoms with Crippen LogP contribution in [0.4, 0.5) is 0 Å². The Balaban J connectivity index is 2.34. The molecule has 0 saturated carbocycles. The molecular weight excluding hydrogens is 156 g/mol. The topological polar surface area (TPSA) is 41.6 Å². The summed E-state index contributed by atoms with van der Waals surface area (Å²) in [6, 6.07) is 0.283. The molecule has 1 aliphatic rings. The highest BCUT2D eigenvalue weighted by atomic mass is 16.5. The Morgan fingerprint density at radius 2 is 2.50 bits per heavy atom. The average molecular weight is 172 g/mol. The summed E-state index contributed by atoms with van der Waals surface area (Å²) in [5.74, 6) is 0.132. The second-order valence-electron chi connectivity index (χ2n) is 3.05. The van der Waals surface area contributed by atoms with E-state index in [1.54, 1.807) is 11.9 Å². The SMILES string of the molecule is CNCC(=O)N(C)C1CCOC1. The lowest BCUT2D eigenvalue weighted by atomic mass is 10.2. The van der Waals surface area contributed by atoms with E-state index in [0.29, 0.717) is 13.2 Å². The summed E-state index contributed by atoms with van der Waals surface area (Å²) in [7, 11) is 3.61. The molecule has 1 atom stereocenters. The standard InChI is InChI=1S/C8H16N2O2/c1-9-5-8(11)10(2)7-3-4-12-6-7/h7,9H,3-6H2,1-2H3. The van der Waals surface area contributed by atoms with Gasteiger partial charge in [0.2, 0.25) is 5.91 Å². The second kappa shape index (κ2) is 4.42. The normalized spacial score (nSPS) is 22.7. The zero-order valence-corrected chi connectivity index (χ0v) is 7.67. The van der Waals surface area contributed by atoms with E-state index < -0.39 is 0 Å². The maximum absolute atomic E-state index is 11.3. The lowest BCUT2D eigenvalue weighted by Gasteiger charge is -2.22. The fourth-order valence-electron chi connectivity index (χ4n) is 1.31. The maximum Gasteiger partial charge on any atom is 0.236 e. The van der Waals surface area contributed by atoms with Crippen molar-refractivity contribution in [2.24, 2.45) is 0 Å². The van der Waals surface area contributed by atoms with Crippen LogP contribution in [0.3, 0.4) is 0 Å². The Morgan fingerprint density at radius 3 is 3.00 bits per heavy atom. The zero-order valence-electron chi connectivity index (χ0n) is 7.67. The lowest BCUT2D eigenvalue weighted by molar-refractivity contribution is -0.130. The van der Waals surface area contributed by atoms with Gasteiger partial charge in [-0.15, -0.1) is 0 Å². The Bertz CT molecular complexity index is 155. The zero-order chi connectivity index (χ0) is 8.97. The summed E-state index contributed by atoms with van der Waals surface area (Å²) in [4.78, 5) is 13.1. The lowest BCUT2D eigenvalue weighted by Crippen LogP contribution is -2.41. The molecule has 1 fully saturated rings. The number of ether oxygens (including phenoxy) is 1. The number of amides is 1. The van der Waals surface area contributed by atoms with Crippen molar-refractivity contribution in [3.8, 4) is 0 Å². The van der Waals surface area contributed by atoms with Gasteiger partial charge in [-0.3, -0.25) is 4.79 Å². The molecule has 1 unspecified atom stereocenters. The van der Waals surface area contributed by atoms with E-state index >= 15 is 0 Å². The van der Waals surface area contributed by atoms with Gasteiger partial charge in [0.05, 0.1) is 19.2 Å². The van der Waals surface area contributed by atoms with Gasteiger partial charge in [-0.05, 0) is 13.5 Å². The molecule has 0 aromatic heterocycles. The number of nitrogens with zero attached hydrogens (tertiary/aromatic N) is 1. The molecule has 1 rings (SSSR count). The maximum atomic E-state index is 11.3. The van der Waals surface area contributed by atoms with Crippen molar-refractivity contribution in [2.75, 3.05) is 33.9 Å². The first-order valence-electron chi connectivity index (χ1n) is 4.23. The summed E-state index contributed by atoms with van der Waals surface area (Å²) < 4.78 is 5.19. The van der Waals surface area contributed by atoms with E-state index in [1.165, 1.54) is 0 Å². The molecule has 1 heterocycles. The molecular formula is C8H16N2O2. The van der Waals surface area contributed by atoms with Gasteiger partial charge in [-0.25, -0.2) is 0 Å². The molecule has 1 saturated heterocycles. The third kappa shape index (κ3) is 2.19. The molecule has 0 bridgehead atoms. The summed E-state index contributed by atoms with van der Waals surface area (Å²) in [6.45, 7) is 1.88. The number of hydrogen-bond acceptors (Lipinski definition) is 3. The van der Waals surface area contributed by atoms with Gasteiger partial charge >= 0.3 is 0 Å². The van der Waals surface area contributed by atoms with Crippen LogP contribution in [0.1, 0.15) is 6.42 Å². The smallest absolute Gasteiger partial charge is 0.236 e. The molecule has 1 aliphatic heterocycles. The molecule has 0 aliphatic carbocycles. The molecule has 0 aromatic carbocycles. The molecule has 12 heavy (non-hydrogen) atoms. The number of nitrogens with one attached hydrogen (secondary N) is 1. The fraction of sp³-hybridized carbons (Fsp3) is 0.875. The Labute approximate surface area is 72.9 Å². The molecule has 1 N–H and O–H groups in total. The van der Waals surface area contributed by atoms with Gasteiger partial charge in [-0.2, -0.15) is 0 Å². The first-order chi connectivity index (χ1) is 5.75. The molecule has 0 spiro atoms. The molecule has 1 amide bonds. The molecule has 0 aromatic rings. The van der Waals surface area contributed by atoms with Crippen LogP contribution in [0, 0.1) is 0 Å². The predicted molar refractivity (Wildman–Crippen MR) is 45.9 cm³/mol. The Hall–Kier alpha value is -0.610. The molecule has 0 radical (unpaired) electrons. The van der Waals surface area contributed by atoms with Crippen LogP contribution in [0.2, 0.25) is 0 Å². The van der Waals surface area contributed by atoms with Gasteiger partial charge < -0.3 is 15.0 Å². The van der Waals surface area contributed by atoms with Gasteiger partial charge in [0.25, 0.3) is 0 Å². The fourth-order valence-corrected chi connectivity index (χ4v) is 1.31. The van der Waals surface area contributed by atoms with E-state index in [0.717, 1.165) is 13.0 Å². The first kappa shape index (κ1) is 9.48. The second-order valence-corrected chi connectivity index (χ2v) is 3.05. The van der Waals surface area contributed by atoms with Crippen molar-refractivity contribution in [3.05, 3.63) is 0 Å². The van der Waals surface area contributed by atoms with E-state index in [1.807, 2.05) is 7.05 Å². The third-order valence-electron chi connectivity index (χ3n) is 2.17. The molecule has 4 heteroatoms. The minimum absolute atomic E-state index is 0.132. The van der Waals surface area contributed by atoms with E-state index in [9.17, 15) is 4.79 Å². The van der Waals surface area contributed by atoms with Crippen molar-refractivity contribution in [3.63, 3.8) is 0 Å². The minimum atomic E-state index is 0.132. The Kier molecular flexibility index (Phi) is 3.49. The van der Waals surface area contributed by atoms with Gasteiger partial charge in [0.15, 0.2) is 0 Å². The van der Waals surface area contributed by atoms with E-state index in [4.69, 9.17) is 4.74 Å². The van der Waals surface area contributed by atoms with Gasteiger partial charge in [0.1, 0.15) is 0 Å². The van der Waals surface area contributed by atoms with Crippen molar-refractivity contribution < 1.29 is 9.53 Å². The van der Waals surface area contributed by atoms with Crippen LogP contribution >= 0.6 is 0 Å². The minimum Gasteiger partial charge on any atom is -0.379 e. The average Bonchev–Trinajstić information content (AvgIpc) is 2.55. The number of carbonyl (C=O) groups is 1. The first-order valence-corrected chi connectivity index (χ1v) is 4.23. The van der Waals surface area contributed by atoms with Crippen molar-refractivity contribution in [1.29, 1.82) is 0 Å². The highest BCUT2D eigenvalue weighted by Gasteiger charge is 2.23. The number of rotatable bonds is 3. The largest absolute Gasteiger partial charge is 0.379 e. The number of likely N-dealkylation sites (N-methyl/N-ethyl adjacent to an activating group) is 2. The highest BCUT2D eigenvalue weighted by Crippen LogP contribution is 2.09. The summed E-state index contributed by atoms with van der Waals surface area (Å²) >= 11 is 0. The van der Waals surface area contributed by atoms with Crippen LogP contribution in [-0.4, -0.2) is 50.7 Å². The van der Waals surface area contributed by atoms with Crippen molar-refractivity contribution in [1.82, 2.24) is 10.2 Å². The van der Waals surface area contributed by atoms with Crippen LogP contribution < -0.4 is 5.32 Å². The van der Waals surface area contributed by atoms with Crippen LogP contribution in [-0.2, 0) is 9.53 Å². The third-order valence-corrected chi connectivity index (χ3v) is 2.17. The van der Waals surface area contributed by atoms with Gasteiger partial charge in [0, 0.05) is 13.7 Å². The number of carbonyl (C=O) groups excluding carboxylic acids is 1.